The van der Waals surface area contributed by atoms with Gasteiger partial charge in [0.25, 0.3) is 0 Å². The molecule has 0 amide bonds. The molecule has 1 rings (SSSR count). The summed E-state index contributed by atoms with van der Waals surface area (Å²) in [4.78, 5) is 0. The van der Waals surface area contributed by atoms with E-state index in [-0.39, 0.29) is 0 Å². The smallest absolute Gasteiger partial charge is 0.0462 e. The third-order valence-corrected chi connectivity index (χ3v) is 6.03. The number of halogens is 1. The van der Waals surface area contributed by atoms with E-state index in [0.29, 0.717) is 17.8 Å². The average molecular weight is 512 g/mol. The lowest BCUT2D eigenvalue weighted by molar-refractivity contribution is 0.565. The molecule has 0 saturated heterocycles. The van der Waals surface area contributed by atoms with Crippen LogP contribution in [0.25, 0.3) is 6.08 Å². The third-order valence-electron chi connectivity index (χ3n) is 5.71. The molecule has 1 aromatic rings. The van der Waals surface area contributed by atoms with Gasteiger partial charge in [0.05, 0.1) is 0 Å². The van der Waals surface area contributed by atoms with Crippen LogP contribution < -0.4 is 5.32 Å². The van der Waals surface area contributed by atoms with Crippen LogP contribution in [0.4, 0.5) is 0 Å². The van der Waals surface area contributed by atoms with Crippen molar-refractivity contribution in [1.29, 1.82) is 0 Å². The molecule has 1 nitrogen and oxygen atoms in total. The van der Waals surface area contributed by atoms with Crippen molar-refractivity contribution in [2.45, 2.75) is 94.0 Å². The number of allylic oxidation sites excluding steroid dienone is 7. The van der Waals surface area contributed by atoms with Crippen molar-refractivity contribution in [3.8, 4) is 0 Å². The molecule has 0 radical (unpaired) electrons. The summed E-state index contributed by atoms with van der Waals surface area (Å²) in [6.07, 6.45) is 12.9. The topological polar surface area (TPSA) is 12.0 Å². The van der Waals surface area contributed by atoms with Crippen molar-refractivity contribution in [2.75, 3.05) is 5.88 Å². The van der Waals surface area contributed by atoms with Gasteiger partial charge in [-0.05, 0) is 69.6 Å². The quantitative estimate of drug-likeness (QED) is 0.167. The summed E-state index contributed by atoms with van der Waals surface area (Å²) in [5.74, 6) is 1.18. The Kier molecular flexibility index (Phi) is 21.9. The van der Waals surface area contributed by atoms with E-state index in [9.17, 15) is 0 Å². The highest BCUT2D eigenvalue weighted by Crippen LogP contribution is 2.17. The van der Waals surface area contributed by atoms with Crippen molar-refractivity contribution >= 4 is 17.7 Å². The Morgan fingerprint density at radius 2 is 1.64 bits per heavy atom. The summed E-state index contributed by atoms with van der Waals surface area (Å²) in [7, 11) is 0. The molecule has 0 aromatic heterocycles. The van der Waals surface area contributed by atoms with Crippen LogP contribution in [0.1, 0.15) is 92.2 Å². The molecule has 0 fully saturated rings. The van der Waals surface area contributed by atoms with Crippen LogP contribution in [-0.2, 0) is 0 Å². The van der Waals surface area contributed by atoms with Crippen molar-refractivity contribution in [3.05, 3.63) is 101 Å². The molecule has 1 N–H and O–H groups in total. The van der Waals surface area contributed by atoms with E-state index >= 15 is 0 Å². The number of rotatable bonds is 12. The van der Waals surface area contributed by atoms with Gasteiger partial charge < -0.3 is 5.32 Å². The van der Waals surface area contributed by atoms with Crippen LogP contribution in [0, 0.1) is 12.8 Å². The maximum absolute atomic E-state index is 5.86. The number of benzene rings is 1. The molecule has 0 aliphatic heterocycles. The highest BCUT2D eigenvalue weighted by atomic mass is 35.5. The highest BCUT2D eigenvalue weighted by Gasteiger charge is 2.08. The predicted molar refractivity (Wildman–Crippen MR) is 169 cm³/mol. The summed E-state index contributed by atoms with van der Waals surface area (Å²) < 4.78 is 0. The van der Waals surface area contributed by atoms with E-state index in [0.717, 1.165) is 30.5 Å². The largest absolute Gasteiger partial charge is 0.382 e. The van der Waals surface area contributed by atoms with Gasteiger partial charge in [0.2, 0.25) is 0 Å². The van der Waals surface area contributed by atoms with E-state index < -0.39 is 0 Å². The zero-order chi connectivity index (χ0) is 28.1. The summed E-state index contributed by atoms with van der Waals surface area (Å²) in [6, 6.07) is 8.70. The minimum atomic E-state index is 0.389. The van der Waals surface area contributed by atoms with Gasteiger partial charge in [-0.25, -0.2) is 0 Å². The lowest BCUT2D eigenvalue weighted by atomic mass is 10.0. The molecule has 36 heavy (non-hydrogen) atoms. The summed E-state index contributed by atoms with van der Waals surface area (Å²) >= 11 is 5.86. The fourth-order valence-electron chi connectivity index (χ4n) is 3.27. The molecule has 0 aliphatic carbocycles. The van der Waals surface area contributed by atoms with Crippen molar-refractivity contribution < 1.29 is 0 Å². The molecule has 0 spiro atoms. The molecule has 2 heteroatoms. The number of nitrogens with one attached hydrogen (secondary N) is 1. The molecule has 0 aliphatic rings. The fourth-order valence-corrected chi connectivity index (χ4v) is 3.58. The maximum Gasteiger partial charge on any atom is 0.0462 e. The highest BCUT2D eigenvalue weighted by molar-refractivity contribution is 6.19. The normalized spacial score (nSPS) is 12.3. The SMILES string of the molecule is C/C=C/C(CC)=C(\CCl)CCC.C=C(C)/C=C/c1ccccc1C.C=C(NC(CC)C(=C)C)C(C)C. The van der Waals surface area contributed by atoms with Crippen molar-refractivity contribution in [1.82, 2.24) is 5.32 Å². The molecular weight excluding hydrogens is 458 g/mol. The molecule has 1 atom stereocenters. The van der Waals surface area contributed by atoms with Gasteiger partial charge >= 0.3 is 0 Å². The van der Waals surface area contributed by atoms with Gasteiger partial charge in [0, 0.05) is 17.6 Å². The summed E-state index contributed by atoms with van der Waals surface area (Å²) in [6.45, 7) is 30.7. The minimum Gasteiger partial charge on any atom is -0.382 e. The number of hydrogen-bond donors (Lipinski definition) is 1. The van der Waals surface area contributed by atoms with Crippen LogP contribution in [0.5, 0.6) is 0 Å². The van der Waals surface area contributed by atoms with Crippen LogP contribution >= 0.6 is 11.6 Å². The van der Waals surface area contributed by atoms with Gasteiger partial charge in [-0.3, -0.25) is 0 Å². The number of aryl methyl sites for hydroxylation is 1. The minimum absolute atomic E-state index is 0.389. The van der Waals surface area contributed by atoms with Gasteiger partial charge in [0.1, 0.15) is 0 Å². The maximum atomic E-state index is 5.86. The second kappa shape index (κ2) is 22.0. The monoisotopic (exact) mass is 511 g/mol. The fraction of sp³-hybridized carbons (Fsp3) is 0.471. The van der Waals surface area contributed by atoms with Gasteiger partial charge in [-0.1, -0.05) is 126 Å². The van der Waals surface area contributed by atoms with Crippen molar-refractivity contribution in [2.24, 2.45) is 5.92 Å². The number of hydrogen-bond acceptors (Lipinski definition) is 1. The molecule has 1 unspecified atom stereocenters. The Bertz CT molecular complexity index is 867. The molecule has 202 valence electrons. The Morgan fingerprint density at radius 1 is 1.03 bits per heavy atom. The summed E-state index contributed by atoms with van der Waals surface area (Å²) in [5, 5.41) is 3.37. The van der Waals surface area contributed by atoms with Crippen LogP contribution in [0.3, 0.4) is 0 Å². The first kappa shape index (κ1) is 35.9. The van der Waals surface area contributed by atoms with Gasteiger partial charge in [-0.2, -0.15) is 0 Å². The molecular formula is C34H54ClN. The molecule has 0 saturated carbocycles. The van der Waals surface area contributed by atoms with Crippen LogP contribution in [-0.4, -0.2) is 11.9 Å². The van der Waals surface area contributed by atoms with Crippen LogP contribution in [0.15, 0.2) is 90.2 Å². The first-order valence-corrected chi connectivity index (χ1v) is 13.9. The molecule has 0 heterocycles. The summed E-state index contributed by atoms with van der Waals surface area (Å²) in [5.41, 5.74) is 8.74. The Balaban J connectivity index is 0. The molecule has 1 aromatic carbocycles. The van der Waals surface area contributed by atoms with E-state index in [1.54, 1.807) is 0 Å². The zero-order valence-electron chi connectivity index (χ0n) is 24.8. The van der Waals surface area contributed by atoms with E-state index in [1.165, 1.54) is 34.3 Å². The van der Waals surface area contributed by atoms with Crippen LogP contribution in [0.2, 0.25) is 0 Å². The Morgan fingerprint density at radius 3 is 2.03 bits per heavy atom. The first-order chi connectivity index (χ1) is 17.0. The second-order valence-electron chi connectivity index (χ2n) is 9.53. The van der Waals surface area contributed by atoms with E-state index in [2.05, 4.69) is 104 Å². The average Bonchev–Trinajstić information content (AvgIpc) is 2.84. The lowest BCUT2D eigenvalue weighted by Gasteiger charge is -2.21. The first-order valence-electron chi connectivity index (χ1n) is 13.4. The van der Waals surface area contributed by atoms with Gasteiger partial charge in [0.15, 0.2) is 0 Å². The van der Waals surface area contributed by atoms with Crippen molar-refractivity contribution in [3.63, 3.8) is 0 Å². The molecule has 0 bridgehead atoms. The second-order valence-corrected chi connectivity index (χ2v) is 9.80. The Labute approximate surface area is 229 Å². The zero-order valence-corrected chi connectivity index (χ0v) is 25.6. The predicted octanol–water partition coefficient (Wildman–Crippen LogP) is 11.0. The Hall–Kier alpha value is -2.25. The van der Waals surface area contributed by atoms with E-state index in [4.69, 9.17) is 11.6 Å². The lowest BCUT2D eigenvalue weighted by Crippen LogP contribution is -2.29. The standard InChI is InChI=1S/C12H14.C11H19Cl.C11H21N/c1-10(2)8-9-12-7-5-4-6-11(12)3;1-4-7-10(6-3)11(9-12)8-5-2;1-7-11(9(4)5)12-10(6)8(2)3/h4-9H,1H2,2-3H3;4,7H,5-6,8-9H2,1-3H3;8,11-12H,4,6-7H2,1-3,5H3/b9-8+;7-4+,11-10-;. The van der Waals surface area contributed by atoms with E-state index in [1.807, 2.05) is 32.1 Å². The third kappa shape index (κ3) is 17.2. The van der Waals surface area contributed by atoms with Gasteiger partial charge in [-0.15, -0.1) is 11.6 Å². The number of alkyl halides is 1.